The lowest BCUT2D eigenvalue weighted by atomic mass is 10.1. The number of ether oxygens (including phenoxy) is 1. The quantitative estimate of drug-likeness (QED) is 0.791. The normalized spacial score (nSPS) is 16.7. The lowest BCUT2D eigenvalue weighted by molar-refractivity contribution is -0.903. The molecule has 2 aromatic rings. The summed E-state index contributed by atoms with van der Waals surface area (Å²) in [7, 11) is 0. The maximum absolute atomic E-state index is 10.3. The van der Waals surface area contributed by atoms with Crippen LogP contribution in [0, 0.1) is 13.8 Å². The van der Waals surface area contributed by atoms with Crippen LogP contribution in [-0.4, -0.2) is 50.5 Å². The Hall–Kier alpha value is -2.11. The Kier molecular flexibility index (Phi) is 5.89. The van der Waals surface area contributed by atoms with E-state index in [0.717, 1.165) is 44.0 Å². The van der Waals surface area contributed by atoms with E-state index in [0.29, 0.717) is 6.61 Å². The van der Waals surface area contributed by atoms with Gasteiger partial charge in [-0.2, -0.15) is 0 Å². The van der Waals surface area contributed by atoms with Crippen molar-refractivity contribution in [1.82, 2.24) is 0 Å². The Balaban J connectivity index is 1.43. The standard InChI is InChI=1S/C20H27N3O2/c1-16-6-5-7-19(17(16)2)25-15-18(24)14-22-10-12-23(13-11-22)20-8-3-4-9-21-20/h3-9,18,24H,10-15H2,1-2H3/p+2/t18-/m1/s1. The second-order valence-electron chi connectivity index (χ2n) is 6.85. The maximum atomic E-state index is 10.3. The van der Waals surface area contributed by atoms with E-state index in [2.05, 4.69) is 41.9 Å². The number of anilines is 1. The Bertz CT molecular complexity index is 670. The molecule has 1 atom stereocenters. The molecule has 0 spiro atoms. The number of aliphatic hydroxyl groups is 1. The summed E-state index contributed by atoms with van der Waals surface area (Å²) in [5.41, 5.74) is 2.36. The summed E-state index contributed by atoms with van der Waals surface area (Å²) in [5, 5.41) is 10.3. The predicted molar refractivity (Wildman–Crippen MR) is 98.2 cm³/mol. The van der Waals surface area contributed by atoms with E-state index < -0.39 is 6.10 Å². The summed E-state index contributed by atoms with van der Waals surface area (Å²) < 4.78 is 5.83. The van der Waals surface area contributed by atoms with Gasteiger partial charge in [-0.15, -0.1) is 0 Å². The third kappa shape index (κ3) is 4.71. The van der Waals surface area contributed by atoms with E-state index >= 15 is 0 Å². The largest absolute Gasteiger partial charge is 0.490 e. The summed E-state index contributed by atoms with van der Waals surface area (Å²) in [6.45, 7) is 9.28. The first-order valence-electron chi connectivity index (χ1n) is 9.06. The van der Waals surface area contributed by atoms with Crippen LogP contribution in [0.5, 0.6) is 5.75 Å². The molecule has 5 nitrogen and oxygen atoms in total. The van der Waals surface area contributed by atoms with E-state index in [1.807, 2.05) is 24.4 Å². The number of quaternary nitrogens is 1. The number of aliphatic hydroxyl groups excluding tert-OH is 1. The highest BCUT2D eigenvalue weighted by Crippen LogP contribution is 2.20. The Morgan fingerprint density at radius 1 is 1.16 bits per heavy atom. The summed E-state index contributed by atoms with van der Waals surface area (Å²) in [4.78, 5) is 7.09. The second kappa shape index (κ2) is 8.32. The van der Waals surface area contributed by atoms with Crippen LogP contribution in [0.4, 0.5) is 5.82 Å². The van der Waals surface area contributed by atoms with E-state index in [1.54, 1.807) is 0 Å². The zero-order chi connectivity index (χ0) is 17.6. The third-order valence-electron chi connectivity index (χ3n) is 5.01. The van der Waals surface area contributed by atoms with Crippen LogP contribution in [0.15, 0.2) is 42.6 Å². The molecule has 134 valence electrons. The van der Waals surface area contributed by atoms with Gasteiger partial charge < -0.3 is 14.7 Å². The molecule has 5 heteroatoms. The van der Waals surface area contributed by atoms with Gasteiger partial charge in [-0.05, 0) is 37.1 Å². The molecular weight excluding hydrogens is 314 g/mol. The van der Waals surface area contributed by atoms with Gasteiger partial charge in [0.25, 0.3) is 5.82 Å². The number of nitrogens with zero attached hydrogens (tertiary/aromatic N) is 1. The molecule has 1 aliphatic heterocycles. The van der Waals surface area contributed by atoms with Crippen molar-refractivity contribution in [3.05, 3.63) is 53.7 Å². The van der Waals surface area contributed by atoms with Crippen molar-refractivity contribution in [3.63, 3.8) is 0 Å². The molecular formula is C20H29N3O2+2. The minimum Gasteiger partial charge on any atom is -0.490 e. The highest BCUT2D eigenvalue weighted by molar-refractivity contribution is 5.38. The molecule has 1 saturated heterocycles. The van der Waals surface area contributed by atoms with Gasteiger partial charge >= 0.3 is 0 Å². The first-order valence-corrected chi connectivity index (χ1v) is 9.06. The highest BCUT2D eigenvalue weighted by Gasteiger charge is 2.27. The number of aromatic nitrogens is 1. The molecule has 0 bridgehead atoms. The van der Waals surface area contributed by atoms with Gasteiger partial charge in [0.2, 0.25) is 0 Å². The third-order valence-corrected chi connectivity index (χ3v) is 5.01. The lowest BCUT2D eigenvalue weighted by Gasteiger charge is -2.29. The van der Waals surface area contributed by atoms with E-state index in [9.17, 15) is 5.11 Å². The van der Waals surface area contributed by atoms with Crippen molar-refractivity contribution in [2.75, 3.05) is 44.2 Å². The van der Waals surface area contributed by atoms with Gasteiger partial charge in [-0.3, -0.25) is 4.90 Å². The number of hydrogen-bond donors (Lipinski definition) is 2. The number of aromatic amines is 1. The molecule has 1 fully saturated rings. The van der Waals surface area contributed by atoms with Gasteiger partial charge in [-0.25, -0.2) is 4.98 Å². The average molecular weight is 343 g/mol. The Morgan fingerprint density at radius 2 is 1.96 bits per heavy atom. The highest BCUT2D eigenvalue weighted by atomic mass is 16.5. The van der Waals surface area contributed by atoms with Crippen LogP contribution in [0.2, 0.25) is 0 Å². The number of pyridine rings is 1. The molecule has 0 unspecified atom stereocenters. The molecule has 1 aliphatic rings. The predicted octanol–water partition coefficient (Wildman–Crippen LogP) is 0.262. The van der Waals surface area contributed by atoms with Gasteiger partial charge in [0, 0.05) is 6.07 Å². The van der Waals surface area contributed by atoms with Crippen molar-refractivity contribution >= 4 is 5.82 Å². The van der Waals surface area contributed by atoms with Gasteiger partial charge in [-0.1, -0.05) is 18.2 Å². The van der Waals surface area contributed by atoms with E-state index in [4.69, 9.17) is 4.74 Å². The number of benzene rings is 1. The SMILES string of the molecule is Cc1cccc(OC[C@H](O)C[NH+]2CCN(c3cccc[nH+]3)CC2)c1C. The summed E-state index contributed by atoms with van der Waals surface area (Å²) >= 11 is 0. The lowest BCUT2D eigenvalue weighted by Crippen LogP contribution is -3.16. The number of H-pyrrole nitrogens is 1. The van der Waals surface area contributed by atoms with Crippen molar-refractivity contribution in [2.45, 2.75) is 20.0 Å². The van der Waals surface area contributed by atoms with E-state index in [1.165, 1.54) is 16.3 Å². The molecule has 2 heterocycles. The summed E-state index contributed by atoms with van der Waals surface area (Å²) in [6.07, 6.45) is 1.52. The van der Waals surface area contributed by atoms with Crippen LogP contribution in [0.1, 0.15) is 11.1 Å². The fraction of sp³-hybridized carbons (Fsp3) is 0.450. The van der Waals surface area contributed by atoms with Crippen LogP contribution in [-0.2, 0) is 0 Å². The average Bonchev–Trinajstić information content (AvgIpc) is 2.64. The summed E-state index contributed by atoms with van der Waals surface area (Å²) in [6, 6.07) is 12.2. The van der Waals surface area contributed by atoms with Crippen molar-refractivity contribution in [1.29, 1.82) is 0 Å². The number of aryl methyl sites for hydroxylation is 1. The van der Waals surface area contributed by atoms with Crippen LogP contribution in [0.3, 0.4) is 0 Å². The first kappa shape index (κ1) is 17.7. The van der Waals surface area contributed by atoms with Crippen molar-refractivity contribution in [3.8, 4) is 5.75 Å². The fourth-order valence-electron chi connectivity index (χ4n) is 3.31. The molecule has 1 aromatic heterocycles. The molecule has 0 saturated carbocycles. The number of rotatable bonds is 6. The Morgan fingerprint density at radius 3 is 2.68 bits per heavy atom. The fourth-order valence-corrected chi connectivity index (χ4v) is 3.31. The second-order valence-corrected chi connectivity index (χ2v) is 6.85. The molecule has 0 amide bonds. The molecule has 0 radical (unpaired) electrons. The number of piperazine rings is 1. The topological polar surface area (TPSA) is 51.3 Å². The maximum Gasteiger partial charge on any atom is 0.274 e. The molecule has 25 heavy (non-hydrogen) atoms. The molecule has 3 N–H and O–H groups in total. The minimum atomic E-state index is -0.440. The molecule has 0 aliphatic carbocycles. The van der Waals surface area contributed by atoms with Crippen LogP contribution < -0.4 is 19.5 Å². The van der Waals surface area contributed by atoms with Crippen molar-refractivity contribution < 1.29 is 19.7 Å². The zero-order valence-corrected chi connectivity index (χ0v) is 15.2. The summed E-state index contributed by atoms with van der Waals surface area (Å²) in [5.74, 6) is 2.04. The van der Waals surface area contributed by atoms with Gasteiger partial charge in [0.1, 0.15) is 51.2 Å². The van der Waals surface area contributed by atoms with E-state index in [-0.39, 0.29) is 0 Å². The molecule has 1 aromatic carbocycles. The zero-order valence-electron chi connectivity index (χ0n) is 15.2. The Labute approximate surface area is 149 Å². The number of nitrogens with one attached hydrogen (secondary N) is 2. The van der Waals surface area contributed by atoms with Gasteiger partial charge in [0.05, 0.1) is 6.20 Å². The minimum absolute atomic E-state index is 0.351. The smallest absolute Gasteiger partial charge is 0.274 e. The molecule has 3 rings (SSSR count). The monoisotopic (exact) mass is 343 g/mol. The first-order chi connectivity index (χ1) is 12.1. The van der Waals surface area contributed by atoms with Gasteiger partial charge in [0.15, 0.2) is 0 Å². The number of hydrogen-bond acceptors (Lipinski definition) is 3. The van der Waals surface area contributed by atoms with Crippen LogP contribution in [0.25, 0.3) is 0 Å². The van der Waals surface area contributed by atoms with Crippen molar-refractivity contribution in [2.24, 2.45) is 0 Å². The van der Waals surface area contributed by atoms with Crippen LogP contribution >= 0.6 is 0 Å².